The van der Waals surface area contributed by atoms with Crippen LogP contribution >= 0.6 is 11.3 Å². The molecule has 6 nitrogen and oxygen atoms in total. The number of nitrogens with one attached hydrogen (secondary N) is 1. The standard InChI is InChI=1S/C19H17N3O3S/c1-25-16-10-13(5-7-15(16)22-8-2-3-18(22)23)21-19(24)12-4-6-14-17(9-12)26-11-20-14/h4-7,9-11H,2-3,8H2,1H3,(H,21,24). The fraction of sp³-hybridized carbons (Fsp3) is 0.211. The summed E-state index contributed by atoms with van der Waals surface area (Å²) in [4.78, 5) is 30.5. The molecular formula is C19H17N3O3S. The molecule has 26 heavy (non-hydrogen) atoms. The average molecular weight is 367 g/mol. The molecule has 0 radical (unpaired) electrons. The van der Waals surface area contributed by atoms with Crippen LogP contribution in [0.1, 0.15) is 23.2 Å². The molecule has 0 atom stereocenters. The number of rotatable bonds is 4. The lowest BCUT2D eigenvalue weighted by molar-refractivity contribution is -0.117. The van der Waals surface area contributed by atoms with Crippen LogP contribution in [0.25, 0.3) is 10.2 Å². The monoisotopic (exact) mass is 367 g/mol. The van der Waals surface area contributed by atoms with Gasteiger partial charge in [-0.25, -0.2) is 4.98 Å². The summed E-state index contributed by atoms with van der Waals surface area (Å²) in [5.74, 6) is 0.459. The predicted octanol–water partition coefficient (Wildman–Crippen LogP) is 3.68. The second kappa shape index (κ2) is 6.76. The van der Waals surface area contributed by atoms with Crippen molar-refractivity contribution >= 4 is 44.7 Å². The third kappa shape index (κ3) is 3.01. The van der Waals surface area contributed by atoms with E-state index in [1.807, 2.05) is 18.2 Å². The molecule has 2 aromatic carbocycles. The molecule has 1 N–H and O–H groups in total. The highest BCUT2D eigenvalue weighted by molar-refractivity contribution is 7.16. The number of benzene rings is 2. The first-order chi connectivity index (χ1) is 12.7. The SMILES string of the molecule is COc1cc(NC(=O)c2ccc3ncsc3c2)ccc1N1CCCC1=O. The van der Waals surface area contributed by atoms with Gasteiger partial charge >= 0.3 is 0 Å². The molecule has 132 valence electrons. The first-order valence-electron chi connectivity index (χ1n) is 8.29. The summed E-state index contributed by atoms with van der Waals surface area (Å²) in [5.41, 5.74) is 4.56. The van der Waals surface area contributed by atoms with Crippen molar-refractivity contribution in [2.24, 2.45) is 0 Å². The topological polar surface area (TPSA) is 71.5 Å². The van der Waals surface area contributed by atoms with Crippen LogP contribution in [-0.4, -0.2) is 30.5 Å². The van der Waals surface area contributed by atoms with Crippen LogP contribution < -0.4 is 15.0 Å². The number of thiazole rings is 1. The predicted molar refractivity (Wildman–Crippen MR) is 102 cm³/mol. The molecule has 3 aromatic rings. The lowest BCUT2D eigenvalue weighted by Crippen LogP contribution is -2.24. The van der Waals surface area contributed by atoms with Crippen LogP contribution in [0, 0.1) is 0 Å². The quantitative estimate of drug-likeness (QED) is 0.763. The summed E-state index contributed by atoms with van der Waals surface area (Å²) in [6.45, 7) is 0.690. The number of carbonyl (C=O) groups excluding carboxylic acids is 2. The van der Waals surface area contributed by atoms with Crippen LogP contribution in [-0.2, 0) is 4.79 Å². The van der Waals surface area contributed by atoms with E-state index < -0.39 is 0 Å². The summed E-state index contributed by atoms with van der Waals surface area (Å²) in [5, 5.41) is 2.88. The first kappa shape index (κ1) is 16.5. The molecule has 0 unspecified atom stereocenters. The van der Waals surface area contributed by atoms with Gasteiger partial charge in [0.1, 0.15) is 5.75 Å². The second-order valence-electron chi connectivity index (χ2n) is 6.02. The minimum absolute atomic E-state index is 0.0953. The maximum Gasteiger partial charge on any atom is 0.255 e. The molecule has 0 saturated carbocycles. The number of methoxy groups -OCH3 is 1. The van der Waals surface area contributed by atoms with E-state index in [1.54, 1.807) is 35.7 Å². The fourth-order valence-electron chi connectivity index (χ4n) is 3.08. The maximum absolute atomic E-state index is 12.5. The Labute approximate surface area is 154 Å². The van der Waals surface area contributed by atoms with Crippen molar-refractivity contribution in [2.75, 3.05) is 23.9 Å². The molecule has 1 aromatic heterocycles. The minimum atomic E-state index is -0.202. The van der Waals surface area contributed by atoms with Crippen molar-refractivity contribution in [1.82, 2.24) is 4.98 Å². The lowest BCUT2D eigenvalue weighted by Gasteiger charge is -2.19. The normalized spacial score (nSPS) is 14.0. The Balaban J connectivity index is 1.57. The van der Waals surface area contributed by atoms with Crippen molar-refractivity contribution in [1.29, 1.82) is 0 Å². The highest BCUT2D eigenvalue weighted by atomic mass is 32.1. The summed E-state index contributed by atoms with van der Waals surface area (Å²) in [6.07, 6.45) is 1.40. The van der Waals surface area contributed by atoms with E-state index in [-0.39, 0.29) is 11.8 Å². The zero-order chi connectivity index (χ0) is 18.1. The van der Waals surface area contributed by atoms with E-state index in [0.717, 1.165) is 22.3 Å². The van der Waals surface area contributed by atoms with Crippen LogP contribution in [0.5, 0.6) is 5.75 Å². The molecule has 0 aliphatic carbocycles. The van der Waals surface area contributed by atoms with E-state index >= 15 is 0 Å². The van der Waals surface area contributed by atoms with E-state index in [4.69, 9.17) is 4.74 Å². The highest BCUT2D eigenvalue weighted by Gasteiger charge is 2.24. The molecule has 1 fully saturated rings. The molecule has 0 spiro atoms. The maximum atomic E-state index is 12.5. The molecule has 1 saturated heterocycles. The summed E-state index contributed by atoms with van der Waals surface area (Å²) in [7, 11) is 1.56. The number of nitrogens with zero attached hydrogens (tertiary/aromatic N) is 2. The number of amides is 2. The van der Waals surface area contributed by atoms with E-state index in [2.05, 4.69) is 10.3 Å². The van der Waals surface area contributed by atoms with Gasteiger partial charge in [0.25, 0.3) is 5.91 Å². The molecule has 4 rings (SSSR count). The van der Waals surface area contributed by atoms with Crippen LogP contribution in [0.2, 0.25) is 0 Å². The van der Waals surface area contributed by atoms with Crippen LogP contribution in [0.15, 0.2) is 41.9 Å². The molecule has 2 heterocycles. The van der Waals surface area contributed by atoms with Crippen molar-refractivity contribution in [3.63, 3.8) is 0 Å². The average Bonchev–Trinajstić information content (AvgIpc) is 3.29. The largest absolute Gasteiger partial charge is 0.494 e. The minimum Gasteiger partial charge on any atom is -0.494 e. The summed E-state index contributed by atoms with van der Waals surface area (Å²) < 4.78 is 6.40. The number of carbonyl (C=O) groups is 2. The summed E-state index contributed by atoms with van der Waals surface area (Å²) in [6, 6.07) is 10.8. The van der Waals surface area contributed by atoms with Gasteiger partial charge in [-0.3, -0.25) is 9.59 Å². The number of fused-ring (bicyclic) bond motifs is 1. The Bertz CT molecular complexity index is 999. The van der Waals surface area contributed by atoms with Gasteiger partial charge in [0.15, 0.2) is 0 Å². The number of hydrogen-bond acceptors (Lipinski definition) is 5. The van der Waals surface area contributed by atoms with Gasteiger partial charge in [0, 0.05) is 30.3 Å². The van der Waals surface area contributed by atoms with Gasteiger partial charge in [-0.1, -0.05) is 0 Å². The Morgan fingerprint density at radius 3 is 2.92 bits per heavy atom. The van der Waals surface area contributed by atoms with Crippen molar-refractivity contribution in [2.45, 2.75) is 12.8 Å². The fourth-order valence-corrected chi connectivity index (χ4v) is 3.80. The van der Waals surface area contributed by atoms with Crippen LogP contribution in [0.4, 0.5) is 11.4 Å². The second-order valence-corrected chi connectivity index (χ2v) is 6.91. The zero-order valence-corrected chi connectivity index (χ0v) is 15.0. The number of aromatic nitrogens is 1. The zero-order valence-electron chi connectivity index (χ0n) is 14.2. The first-order valence-corrected chi connectivity index (χ1v) is 9.16. The van der Waals surface area contributed by atoms with Gasteiger partial charge in [-0.05, 0) is 36.8 Å². The molecular weight excluding hydrogens is 350 g/mol. The van der Waals surface area contributed by atoms with Gasteiger partial charge in [-0.15, -0.1) is 11.3 Å². The van der Waals surface area contributed by atoms with Gasteiger partial charge in [-0.2, -0.15) is 0 Å². The molecule has 1 aliphatic rings. The van der Waals surface area contributed by atoms with Gasteiger partial charge in [0.2, 0.25) is 5.91 Å². The molecule has 7 heteroatoms. The third-order valence-electron chi connectivity index (χ3n) is 4.40. The van der Waals surface area contributed by atoms with Crippen molar-refractivity contribution in [3.05, 3.63) is 47.5 Å². The molecule has 1 aliphatic heterocycles. The van der Waals surface area contributed by atoms with Crippen LogP contribution in [0.3, 0.4) is 0 Å². The number of ether oxygens (including phenoxy) is 1. The smallest absolute Gasteiger partial charge is 0.255 e. The van der Waals surface area contributed by atoms with E-state index in [0.29, 0.717) is 30.0 Å². The molecule has 2 amide bonds. The van der Waals surface area contributed by atoms with E-state index in [9.17, 15) is 9.59 Å². The van der Waals surface area contributed by atoms with Crippen molar-refractivity contribution in [3.8, 4) is 5.75 Å². The number of hydrogen-bond donors (Lipinski definition) is 1. The summed E-state index contributed by atoms with van der Waals surface area (Å²) >= 11 is 1.50. The Hall–Kier alpha value is -2.93. The highest BCUT2D eigenvalue weighted by Crippen LogP contribution is 2.34. The van der Waals surface area contributed by atoms with Gasteiger partial charge in [0.05, 0.1) is 28.5 Å². The third-order valence-corrected chi connectivity index (χ3v) is 5.19. The Morgan fingerprint density at radius 1 is 1.27 bits per heavy atom. The van der Waals surface area contributed by atoms with E-state index in [1.165, 1.54) is 11.3 Å². The molecule has 0 bridgehead atoms. The van der Waals surface area contributed by atoms with Crippen molar-refractivity contribution < 1.29 is 14.3 Å². The number of anilines is 2. The lowest BCUT2D eigenvalue weighted by atomic mass is 10.2. The Morgan fingerprint density at radius 2 is 2.15 bits per heavy atom. The Kier molecular flexibility index (Phi) is 4.30. The van der Waals surface area contributed by atoms with Gasteiger partial charge < -0.3 is 15.0 Å².